The van der Waals surface area contributed by atoms with Gasteiger partial charge in [0.1, 0.15) is 5.75 Å². The van der Waals surface area contributed by atoms with Crippen molar-refractivity contribution in [1.82, 2.24) is 10.2 Å². The van der Waals surface area contributed by atoms with E-state index >= 15 is 0 Å². The van der Waals surface area contributed by atoms with Gasteiger partial charge in [0.15, 0.2) is 0 Å². The molecule has 2 rings (SSSR count). The van der Waals surface area contributed by atoms with Gasteiger partial charge in [-0.05, 0) is 46.5 Å². The molecule has 0 spiro atoms. The van der Waals surface area contributed by atoms with Crippen molar-refractivity contribution >= 4 is 40.7 Å². The Labute approximate surface area is 154 Å². The minimum absolute atomic E-state index is 0. The maximum Gasteiger partial charge on any atom is 0.133 e. The average Bonchev–Trinajstić information content (AvgIpc) is 2.49. The first-order valence-corrected chi connectivity index (χ1v) is 7.94. The summed E-state index contributed by atoms with van der Waals surface area (Å²) in [6, 6.07) is 6.87. The van der Waals surface area contributed by atoms with Crippen molar-refractivity contribution in [2.45, 2.75) is 18.9 Å². The van der Waals surface area contributed by atoms with Gasteiger partial charge in [0.25, 0.3) is 0 Å². The Morgan fingerprint density at radius 3 is 2.59 bits per heavy atom. The molecule has 126 valence electrons. The minimum Gasteiger partial charge on any atom is -0.496 e. The van der Waals surface area contributed by atoms with Crippen LogP contribution in [0.15, 0.2) is 35.3 Å². The molecule has 0 unspecified atom stereocenters. The first-order chi connectivity index (χ1) is 9.76. The summed E-state index contributed by atoms with van der Waals surface area (Å²) in [6.07, 6.45) is 4.16. The molecule has 1 aliphatic rings. The number of halogens is 3. The Morgan fingerprint density at radius 1 is 1.36 bits per heavy atom. The second kappa shape index (κ2) is 11.3. The molecule has 0 saturated carbocycles. The van der Waals surface area contributed by atoms with Crippen LogP contribution in [0.2, 0.25) is 0 Å². The number of hydrogen-bond acceptors (Lipinski definition) is 3. The number of allylic oxidation sites excluding steroid dienone is 1. The highest BCUT2D eigenvalue weighted by Gasteiger charge is 2.22. The predicted octanol–water partition coefficient (Wildman–Crippen LogP) is 4.21. The van der Waals surface area contributed by atoms with Crippen molar-refractivity contribution in [2.24, 2.45) is 0 Å². The third kappa shape index (κ3) is 5.74. The van der Waals surface area contributed by atoms with Gasteiger partial charge in [-0.2, -0.15) is 0 Å². The molecule has 1 fully saturated rings. The lowest BCUT2D eigenvalue weighted by Gasteiger charge is -2.35. The van der Waals surface area contributed by atoms with Crippen LogP contribution in [0.25, 0.3) is 0 Å². The first-order valence-electron chi connectivity index (χ1n) is 7.15. The molecule has 3 nitrogen and oxygen atoms in total. The predicted molar refractivity (Wildman–Crippen MR) is 102 cm³/mol. The van der Waals surface area contributed by atoms with Gasteiger partial charge in [-0.25, -0.2) is 0 Å². The van der Waals surface area contributed by atoms with Crippen LogP contribution in [0.5, 0.6) is 5.75 Å². The van der Waals surface area contributed by atoms with Gasteiger partial charge >= 0.3 is 0 Å². The summed E-state index contributed by atoms with van der Waals surface area (Å²) in [4.78, 5) is 2.56. The van der Waals surface area contributed by atoms with Crippen LogP contribution >= 0.6 is 40.7 Å². The van der Waals surface area contributed by atoms with E-state index in [1.807, 2.05) is 12.1 Å². The molecule has 1 atom stereocenters. The van der Waals surface area contributed by atoms with Crippen molar-refractivity contribution < 1.29 is 4.74 Å². The number of nitrogens with zero attached hydrogens (tertiary/aromatic N) is 1. The summed E-state index contributed by atoms with van der Waals surface area (Å²) in [5.74, 6) is 0.886. The smallest absolute Gasteiger partial charge is 0.133 e. The molecule has 1 aromatic rings. The quantitative estimate of drug-likeness (QED) is 0.709. The number of benzene rings is 1. The fourth-order valence-electron chi connectivity index (χ4n) is 2.72. The highest BCUT2D eigenvalue weighted by Crippen LogP contribution is 2.32. The Morgan fingerprint density at radius 2 is 2.05 bits per heavy atom. The summed E-state index contributed by atoms with van der Waals surface area (Å²) < 4.78 is 6.34. The van der Waals surface area contributed by atoms with Gasteiger partial charge in [0.05, 0.1) is 11.6 Å². The molecule has 1 N–H and O–H groups in total. The van der Waals surface area contributed by atoms with E-state index in [0.717, 1.165) is 49.2 Å². The molecule has 1 heterocycles. The molecule has 6 heteroatoms. The van der Waals surface area contributed by atoms with Crippen molar-refractivity contribution in [3.8, 4) is 5.75 Å². The normalized spacial score (nSPS) is 16.1. The van der Waals surface area contributed by atoms with Crippen LogP contribution in [0.3, 0.4) is 0 Å². The highest BCUT2D eigenvalue weighted by molar-refractivity contribution is 9.10. The maximum atomic E-state index is 5.32. The van der Waals surface area contributed by atoms with Gasteiger partial charge in [-0.3, -0.25) is 4.90 Å². The van der Waals surface area contributed by atoms with Gasteiger partial charge in [0, 0.05) is 32.2 Å². The standard InChI is InChI=1S/C16H23BrN2O.2ClH/c1-3-4-5-15(19-10-8-18-9-11-19)13-6-7-16(20-2)14(17)12-13;;/h3,6-7,12,15,18H,1,4-5,8-11H2,2H3;2*1H/t15-;;/m1../s1. The zero-order chi connectivity index (χ0) is 14.4. The SMILES string of the molecule is C=CCC[C@H](c1ccc(OC)c(Br)c1)N1CCNCC1.Cl.Cl. The average molecular weight is 412 g/mol. The molecule has 1 aliphatic heterocycles. The van der Waals surface area contributed by atoms with E-state index in [9.17, 15) is 0 Å². The van der Waals surface area contributed by atoms with Gasteiger partial charge in [-0.1, -0.05) is 12.1 Å². The Balaban J connectivity index is 0.00000220. The van der Waals surface area contributed by atoms with Crippen LogP contribution in [-0.4, -0.2) is 38.2 Å². The second-order valence-corrected chi connectivity index (χ2v) is 5.92. The van der Waals surface area contributed by atoms with Crippen molar-refractivity contribution in [3.05, 3.63) is 40.9 Å². The molecule has 1 saturated heterocycles. The van der Waals surface area contributed by atoms with E-state index < -0.39 is 0 Å². The van der Waals surface area contributed by atoms with Crippen LogP contribution < -0.4 is 10.1 Å². The van der Waals surface area contributed by atoms with Gasteiger partial charge in [0.2, 0.25) is 0 Å². The minimum atomic E-state index is 0. The summed E-state index contributed by atoms with van der Waals surface area (Å²) in [6.45, 7) is 8.20. The lowest BCUT2D eigenvalue weighted by atomic mass is 9.99. The summed E-state index contributed by atoms with van der Waals surface area (Å²) in [7, 11) is 1.70. The van der Waals surface area contributed by atoms with E-state index in [1.54, 1.807) is 7.11 Å². The van der Waals surface area contributed by atoms with E-state index in [2.05, 4.69) is 44.9 Å². The molecule has 0 aliphatic carbocycles. The van der Waals surface area contributed by atoms with Crippen LogP contribution in [0, 0.1) is 0 Å². The zero-order valence-electron chi connectivity index (χ0n) is 12.9. The third-order valence-corrected chi connectivity index (χ3v) is 4.42. The molecule has 0 aromatic heterocycles. The molecular formula is C16H25BrCl2N2O. The summed E-state index contributed by atoms with van der Waals surface area (Å²) in [5, 5.41) is 3.42. The van der Waals surface area contributed by atoms with Gasteiger partial charge < -0.3 is 10.1 Å². The number of piperazine rings is 1. The van der Waals surface area contributed by atoms with E-state index in [0.29, 0.717) is 6.04 Å². The van der Waals surface area contributed by atoms with Crippen LogP contribution in [-0.2, 0) is 0 Å². The van der Waals surface area contributed by atoms with E-state index in [4.69, 9.17) is 4.74 Å². The lowest BCUT2D eigenvalue weighted by molar-refractivity contribution is 0.166. The molecule has 0 bridgehead atoms. The highest BCUT2D eigenvalue weighted by atomic mass is 79.9. The number of nitrogens with one attached hydrogen (secondary N) is 1. The van der Waals surface area contributed by atoms with Crippen LogP contribution in [0.4, 0.5) is 0 Å². The largest absolute Gasteiger partial charge is 0.496 e. The summed E-state index contributed by atoms with van der Waals surface area (Å²) >= 11 is 3.59. The van der Waals surface area contributed by atoms with Gasteiger partial charge in [-0.15, -0.1) is 31.4 Å². The fraction of sp³-hybridized carbons (Fsp3) is 0.500. The zero-order valence-corrected chi connectivity index (χ0v) is 16.1. The second-order valence-electron chi connectivity index (χ2n) is 5.06. The Hall–Kier alpha value is -0.260. The molecular weight excluding hydrogens is 387 g/mol. The Bertz CT molecular complexity index is 454. The number of methoxy groups -OCH3 is 1. The molecule has 0 amide bonds. The van der Waals surface area contributed by atoms with E-state index in [1.165, 1.54) is 5.56 Å². The topological polar surface area (TPSA) is 24.5 Å². The van der Waals surface area contributed by atoms with Crippen molar-refractivity contribution in [2.75, 3.05) is 33.3 Å². The van der Waals surface area contributed by atoms with Crippen molar-refractivity contribution in [3.63, 3.8) is 0 Å². The molecule has 1 aromatic carbocycles. The third-order valence-electron chi connectivity index (χ3n) is 3.80. The Kier molecular flexibility index (Phi) is 11.2. The number of rotatable bonds is 6. The summed E-state index contributed by atoms with van der Waals surface area (Å²) in [5.41, 5.74) is 1.35. The first kappa shape index (κ1) is 21.7. The number of hydrogen-bond donors (Lipinski definition) is 1. The monoisotopic (exact) mass is 410 g/mol. The maximum absolute atomic E-state index is 5.32. The fourth-order valence-corrected chi connectivity index (χ4v) is 3.28. The van der Waals surface area contributed by atoms with Crippen molar-refractivity contribution in [1.29, 1.82) is 0 Å². The lowest BCUT2D eigenvalue weighted by Crippen LogP contribution is -2.45. The molecule has 22 heavy (non-hydrogen) atoms. The van der Waals surface area contributed by atoms with E-state index in [-0.39, 0.29) is 24.8 Å². The molecule has 0 radical (unpaired) electrons. The number of ether oxygens (including phenoxy) is 1. The van der Waals surface area contributed by atoms with Crippen LogP contribution in [0.1, 0.15) is 24.4 Å².